The summed E-state index contributed by atoms with van der Waals surface area (Å²) in [5.41, 5.74) is 2.44. The minimum absolute atomic E-state index is 0.203. The predicted molar refractivity (Wildman–Crippen MR) is 60.6 cm³/mol. The monoisotopic (exact) mass is 209 g/mol. The van der Waals surface area contributed by atoms with Crippen molar-refractivity contribution in [1.29, 1.82) is 0 Å². The van der Waals surface area contributed by atoms with Crippen molar-refractivity contribution < 1.29 is 9.84 Å². The van der Waals surface area contributed by atoms with Crippen molar-refractivity contribution in [3.8, 4) is 0 Å². The molecule has 0 atom stereocenters. The fourth-order valence-corrected chi connectivity index (χ4v) is 1.55. The summed E-state index contributed by atoms with van der Waals surface area (Å²) in [6.07, 6.45) is 0. The molecule has 3 heteroatoms. The maximum absolute atomic E-state index is 8.79. The molecule has 1 rings (SSSR count). The second-order valence-electron chi connectivity index (χ2n) is 3.71. The fraction of sp³-hybridized carbons (Fsp3) is 0.500. The molecule has 1 aromatic rings. The zero-order chi connectivity index (χ0) is 11.1. The lowest BCUT2D eigenvalue weighted by Crippen LogP contribution is -2.21. The van der Waals surface area contributed by atoms with E-state index in [1.165, 1.54) is 11.1 Å². The summed E-state index contributed by atoms with van der Waals surface area (Å²) in [5, 5.41) is 8.79. The Balaban J connectivity index is 2.56. The molecule has 0 aliphatic carbocycles. The van der Waals surface area contributed by atoms with E-state index in [-0.39, 0.29) is 6.61 Å². The lowest BCUT2D eigenvalue weighted by atomic mass is 10.1. The van der Waals surface area contributed by atoms with E-state index in [0.717, 1.165) is 6.54 Å². The van der Waals surface area contributed by atoms with Gasteiger partial charge in [-0.3, -0.25) is 4.90 Å². The Kier molecular flexibility index (Phi) is 5.32. The third-order valence-electron chi connectivity index (χ3n) is 2.24. The molecule has 0 spiro atoms. The molecule has 0 radical (unpaired) electrons. The van der Waals surface area contributed by atoms with E-state index in [1.807, 2.05) is 13.1 Å². The Morgan fingerprint density at radius 3 is 2.73 bits per heavy atom. The summed E-state index contributed by atoms with van der Waals surface area (Å²) in [6, 6.07) is 8.32. The van der Waals surface area contributed by atoms with E-state index in [0.29, 0.717) is 13.2 Å². The average molecular weight is 209 g/mol. The van der Waals surface area contributed by atoms with Gasteiger partial charge >= 0.3 is 0 Å². The minimum atomic E-state index is 0.203. The van der Waals surface area contributed by atoms with Gasteiger partial charge in [0.05, 0.1) is 13.2 Å². The normalized spacial score (nSPS) is 10.9. The number of hydrogen-bond acceptors (Lipinski definition) is 3. The zero-order valence-electron chi connectivity index (χ0n) is 9.44. The summed E-state index contributed by atoms with van der Waals surface area (Å²) in [7, 11) is 3.70. The van der Waals surface area contributed by atoms with Crippen LogP contribution in [-0.2, 0) is 17.9 Å². The molecular formula is C12H19NO2. The Bertz CT molecular complexity index is 289. The molecule has 0 aromatic heterocycles. The van der Waals surface area contributed by atoms with Crippen LogP contribution in [0.2, 0.25) is 0 Å². The van der Waals surface area contributed by atoms with E-state index < -0.39 is 0 Å². The summed E-state index contributed by atoms with van der Waals surface area (Å²) in [5.74, 6) is 0. The summed E-state index contributed by atoms with van der Waals surface area (Å²) in [4.78, 5) is 2.09. The van der Waals surface area contributed by atoms with Gasteiger partial charge in [-0.15, -0.1) is 0 Å². The van der Waals surface area contributed by atoms with Gasteiger partial charge in [-0.1, -0.05) is 24.3 Å². The number of likely N-dealkylation sites (N-methyl/N-ethyl adjacent to an activating group) is 1. The van der Waals surface area contributed by atoms with Crippen LogP contribution in [0, 0.1) is 0 Å². The maximum Gasteiger partial charge on any atom is 0.0713 e. The van der Waals surface area contributed by atoms with Crippen LogP contribution in [0.1, 0.15) is 11.1 Å². The SMILES string of the molecule is COCc1cccc(CN(C)CCO)c1. The van der Waals surface area contributed by atoms with E-state index in [2.05, 4.69) is 23.1 Å². The van der Waals surface area contributed by atoms with Crippen LogP contribution < -0.4 is 0 Å². The number of benzene rings is 1. The second-order valence-corrected chi connectivity index (χ2v) is 3.71. The van der Waals surface area contributed by atoms with Gasteiger partial charge < -0.3 is 9.84 Å². The standard InChI is InChI=1S/C12H19NO2/c1-13(6-7-14)9-11-4-3-5-12(8-11)10-15-2/h3-5,8,14H,6-7,9-10H2,1-2H3. The molecule has 0 bridgehead atoms. The van der Waals surface area contributed by atoms with E-state index in [9.17, 15) is 0 Å². The van der Waals surface area contributed by atoms with Gasteiger partial charge in [0.1, 0.15) is 0 Å². The molecule has 0 unspecified atom stereocenters. The molecule has 1 aromatic carbocycles. The van der Waals surface area contributed by atoms with Crippen LogP contribution in [0.25, 0.3) is 0 Å². The van der Waals surface area contributed by atoms with Gasteiger partial charge in [0.2, 0.25) is 0 Å². The molecule has 3 nitrogen and oxygen atoms in total. The van der Waals surface area contributed by atoms with Crippen LogP contribution in [0.15, 0.2) is 24.3 Å². The smallest absolute Gasteiger partial charge is 0.0713 e. The first-order valence-electron chi connectivity index (χ1n) is 5.12. The molecule has 0 saturated heterocycles. The number of ether oxygens (including phenoxy) is 1. The molecule has 1 N–H and O–H groups in total. The van der Waals surface area contributed by atoms with Crippen LogP contribution in [0.3, 0.4) is 0 Å². The quantitative estimate of drug-likeness (QED) is 0.765. The molecular weight excluding hydrogens is 190 g/mol. The zero-order valence-corrected chi connectivity index (χ0v) is 9.44. The highest BCUT2D eigenvalue weighted by molar-refractivity contribution is 5.22. The number of nitrogens with zero attached hydrogens (tertiary/aromatic N) is 1. The van der Waals surface area contributed by atoms with Gasteiger partial charge in [-0.2, -0.15) is 0 Å². The highest BCUT2D eigenvalue weighted by atomic mass is 16.5. The van der Waals surface area contributed by atoms with E-state index in [4.69, 9.17) is 9.84 Å². The highest BCUT2D eigenvalue weighted by Gasteiger charge is 2.00. The summed E-state index contributed by atoms with van der Waals surface area (Å²) >= 11 is 0. The Morgan fingerprint density at radius 1 is 1.33 bits per heavy atom. The van der Waals surface area contributed by atoms with Crippen molar-refractivity contribution in [2.45, 2.75) is 13.2 Å². The molecule has 0 saturated carbocycles. The van der Waals surface area contributed by atoms with Crippen molar-refractivity contribution in [2.24, 2.45) is 0 Å². The minimum Gasteiger partial charge on any atom is -0.395 e. The topological polar surface area (TPSA) is 32.7 Å². The van der Waals surface area contributed by atoms with Crippen molar-refractivity contribution in [3.05, 3.63) is 35.4 Å². The lowest BCUT2D eigenvalue weighted by Gasteiger charge is -2.15. The largest absolute Gasteiger partial charge is 0.395 e. The Morgan fingerprint density at radius 2 is 2.07 bits per heavy atom. The van der Waals surface area contributed by atoms with Gasteiger partial charge in [-0.25, -0.2) is 0 Å². The molecule has 0 aliphatic heterocycles. The summed E-state index contributed by atoms with van der Waals surface area (Å²) in [6.45, 7) is 2.42. The van der Waals surface area contributed by atoms with Gasteiger partial charge in [-0.05, 0) is 18.2 Å². The molecule has 0 fully saturated rings. The number of rotatable bonds is 6. The second kappa shape index (κ2) is 6.56. The van der Waals surface area contributed by atoms with Crippen LogP contribution in [0.4, 0.5) is 0 Å². The molecule has 0 aliphatic rings. The fourth-order valence-electron chi connectivity index (χ4n) is 1.55. The van der Waals surface area contributed by atoms with Gasteiger partial charge in [0.25, 0.3) is 0 Å². The lowest BCUT2D eigenvalue weighted by molar-refractivity contribution is 0.184. The van der Waals surface area contributed by atoms with E-state index in [1.54, 1.807) is 7.11 Å². The van der Waals surface area contributed by atoms with Gasteiger partial charge in [0, 0.05) is 20.2 Å². The molecule has 0 amide bonds. The first-order chi connectivity index (χ1) is 7.26. The maximum atomic E-state index is 8.79. The first kappa shape index (κ1) is 12.2. The molecule has 84 valence electrons. The molecule has 0 heterocycles. The number of hydrogen-bond donors (Lipinski definition) is 1. The van der Waals surface area contributed by atoms with Crippen molar-refractivity contribution in [3.63, 3.8) is 0 Å². The van der Waals surface area contributed by atoms with Crippen molar-refractivity contribution in [2.75, 3.05) is 27.3 Å². The van der Waals surface area contributed by atoms with Crippen molar-refractivity contribution in [1.82, 2.24) is 4.90 Å². The third-order valence-corrected chi connectivity index (χ3v) is 2.24. The number of methoxy groups -OCH3 is 1. The van der Waals surface area contributed by atoms with Crippen molar-refractivity contribution >= 4 is 0 Å². The first-order valence-corrected chi connectivity index (χ1v) is 5.12. The summed E-state index contributed by atoms with van der Waals surface area (Å²) < 4.78 is 5.08. The Labute approximate surface area is 91.3 Å². The number of aliphatic hydroxyl groups is 1. The highest BCUT2D eigenvalue weighted by Crippen LogP contribution is 2.08. The number of aliphatic hydroxyl groups excluding tert-OH is 1. The third kappa shape index (κ3) is 4.42. The van der Waals surface area contributed by atoms with Crippen LogP contribution >= 0.6 is 0 Å². The van der Waals surface area contributed by atoms with Crippen LogP contribution in [-0.4, -0.2) is 37.3 Å². The van der Waals surface area contributed by atoms with E-state index >= 15 is 0 Å². The Hall–Kier alpha value is -0.900. The van der Waals surface area contributed by atoms with Crippen LogP contribution in [0.5, 0.6) is 0 Å². The van der Waals surface area contributed by atoms with Gasteiger partial charge in [0.15, 0.2) is 0 Å². The average Bonchev–Trinajstić information content (AvgIpc) is 2.19. The molecule has 15 heavy (non-hydrogen) atoms. The predicted octanol–water partition coefficient (Wildman–Crippen LogP) is 1.26.